The van der Waals surface area contributed by atoms with Gasteiger partial charge in [-0.15, -0.1) is 0 Å². The second-order valence-electron chi connectivity index (χ2n) is 8.13. The van der Waals surface area contributed by atoms with Crippen LogP contribution in [0.3, 0.4) is 0 Å². The summed E-state index contributed by atoms with van der Waals surface area (Å²) >= 11 is 0. The van der Waals surface area contributed by atoms with Crippen molar-refractivity contribution in [2.24, 2.45) is 21.5 Å². The zero-order chi connectivity index (χ0) is 25.9. The molecule has 0 amide bonds. The second-order valence-corrected chi connectivity index (χ2v) is 8.13. The Bertz CT molecular complexity index is 1190. The number of nitrogen functional groups attached to an aromatic ring is 4. The van der Waals surface area contributed by atoms with E-state index in [0.29, 0.717) is 36.1 Å². The molecule has 4 aromatic carbocycles. The average molecular weight is 481 g/mol. The van der Waals surface area contributed by atoms with E-state index in [-0.39, 0.29) is 0 Å². The molecule has 36 heavy (non-hydrogen) atoms. The van der Waals surface area contributed by atoms with Crippen LogP contribution in [0.25, 0.3) is 0 Å². The fourth-order valence-corrected chi connectivity index (χ4v) is 3.09. The normalized spacial score (nSPS) is 11.4. The summed E-state index contributed by atoms with van der Waals surface area (Å²) in [5.74, 6) is 1.01. The van der Waals surface area contributed by atoms with E-state index >= 15 is 0 Å². The van der Waals surface area contributed by atoms with Crippen LogP contribution in [0, 0.1) is 0 Å². The molecule has 0 atom stereocenters. The Kier molecular flexibility index (Phi) is 8.88. The van der Waals surface area contributed by atoms with Gasteiger partial charge >= 0.3 is 0 Å². The van der Waals surface area contributed by atoms with Crippen molar-refractivity contribution in [2.45, 2.75) is 13.1 Å². The van der Waals surface area contributed by atoms with Crippen molar-refractivity contribution in [3.05, 3.63) is 119 Å². The highest BCUT2D eigenvalue weighted by Gasteiger charge is 1.99. The molecule has 0 aliphatic rings. The first-order valence-corrected chi connectivity index (χ1v) is 11.3. The van der Waals surface area contributed by atoms with Gasteiger partial charge in [-0.3, -0.25) is 9.98 Å². The van der Waals surface area contributed by atoms with Crippen molar-refractivity contribution in [2.75, 3.05) is 22.9 Å². The molecule has 0 saturated heterocycles. The lowest BCUT2D eigenvalue weighted by molar-refractivity contribution is 1.06. The number of anilines is 4. The molecule has 0 heterocycles. The lowest BCUT2D eigenvalue weighted by atomic mass is 10.2. The summed E-state index contributed by atoms with van der Waals surface area (Å²) < 4.78 is 0. The van der Waals surface area contributed by atoms with Crippen LogP contribution in [-0.2, 0) is 13.1 Å². The van der Waals surface area contributed by atoms with Crippen molar-refractivity contribution >= 4 is 34.4 Å². The van der Waals surface area contributed by atoms with E-state index in [1.165, 1.54) is 0 Å². The van der Waals surface area contributed by atoms with E-state index in [1.807, 2.05) is 72.8 Å². The van der Waals surface area contributed by atoms with E-state index in [1.54, 1.807) is 24.3 Å². The summed E-state index contributed by atoms with van der Waals surface area (Å²) in [6, 6.07) is 29.8. The number of nitrogens with two attached hydrogens (primary N) is 6. The molecule has 0 saturated carbocycles. The Morgan fingerprint density at radius 3 is 0.944 bits per heavy atom. The van der Waals surface area contributed by atoms with Gasteiger partial charge in [-0.25, -0.2) is 0 Å². The SMILES string of the molecule is NC(=NCc1ccc(N)cc1)c1ccc(N)cc1.NC(=NCc1ccc(N)cc1)c1ccc(N)cc1. The van der Waals surface area contributed by atoms with Crippen LogP contribution in [0.2, 0.25) is 0 Å². The molecule has 0 fully saturated rings. The van der Waals surface area contributed by atoms with Crippen LogP contribution in [0.15, 0.2) is 107 Å². The van der Waals surface area contributed by atoms with Crippen molar-refractivity contribution in [3.63, 3.8) is 0 Å². The van der Waals surface area contributed by atoms with E-state index in [2.05, 4.69) is 9.98 Å². The van der Waals surface area contributed by atoms with Gasteiger partial charge in [0, 0.05) is 33.9 Å². The Labute approximate surface area is 211 Å². The van der Waals surface area contributed by atoms with E-state index in [9.17, 15) is 0 Å². The molecule has 8 heteroatoms. The first-order valence-electron chi connectivity index (χ1n) is 11.3. The van der Waals surface area contributed by atoms with Gasteiger partial charge in [0.15, 0.2) is 0 Å². The first-order chi connectivity index (χ1) is 17.3. The fraction of sp³-hybridized carbons (Fsp3) is 0.0714. The standard InChI is InChI=1S/2C14H16N4/c2*15-12-5-1-10(2-6-12)9-18-14(17)11-3-7-13(16)8-4-11/h2*1-8H,9,15-16H2,(H2,17,18). The molecule has 0 bridgehead atoms. The van der Waals surface area contributed by atoms with E-state index in [0.717, 1.165) is 33.6 Å². The van der Waals surface area contributed by atoms with Crippen molar-refractivity contribution in [1.29, 1.82) is 0 Å². The summed E-state index contributed by atoms with van der Waals surface area (Å²) in [6.45, 7) is 1.08. The van der Waals surface area contributed by atoms with Crippen LogP contribution in [0.5, 0.6) is 0 Å². The second kappa shape index (κ2) is 12.5. The molecule has 0 aromatic heterocycles. The molecule has 12 N–H and O–H groups in total. The summed E-state index contributed by atoms with van der Waals surface area (Å²) in [7, 11) is 0. The Morgan fingerprint density at radius 1 is 0.417 bits per heavy atom. The van der Waals surface area contributed by atoms with Gasteiger partial charge in [-0.05, 0) is 83.9 Å². The number of rotatable bonds is 6. The van der Waals surface area contributed by atoms with Gasteiger partial charge < -0.3 is 34.4 Å². The highest BCUT2D eigenvalue weighted by molar-refractivity contribution is 5.98. The minimum Gasteiger partial charge on any atom is -0.399 e. The molecule has 4 aromatic rings. The maximum atomic E-state index is 5.91. The molecule has 8 nitrogen and oxygen atoms in total. The van der Waals surface area contributed by atoms with Crippen LogP contribution in [0.4, 0.5) is 22.7 Å². The molecule has 184 valence electrons. The van der Waals surface area contributed by atoms with Gasteiger partial charge in [-0.2, -0.15) is 0 Å². The molecule has 0 unspecified atom stereocenters. The number of benzene rings is 4. The van der Waals surface area contributed by atoms with Gasteiger partial charge in [0.2, 0.25) is 0 Å². The Morgan fingerprint density at radius 2 is 0.667 bits per heavy atom. The van der Waals surface area contributed by atoms with E-state index < -0.39 is 0 Å². The summed E-state index contributed by atoms with van der Waals surface area (Å²) in [5, 5.41) is 0. The summed E-state index contributed by atoms with van der Waals surface area (Å²) in [4.78, 5) is 8.67. The van der Waals surface area contributed by atoms with Gasteiger partial charge in [0.1, 0.15) is 11.7 Å². The van der Waals surface area contributed by atoms with Gasteiger partial charge in [0.05, 0.1) is 13.1 Å². The maximum absolute atomic E-state index is 5.91. The predicted octanol–water partition coefficient (Wildman–Crippen LogP) is 3.51. The molecule has 0 aliphatic heterocycles. The van der Waals surface area contributed by atoms with Crippen molar-refractivity contribution in [1.82, 2.24) is 0 Å². The monoisotopic (exact) mass is 480 g/mol. The molecular weight excluding hydrogens is 448 g/mol. The molecule has 0 aliphatic carbocycles. The highest BCUT2D eigenvalue weighted by Crippen LogP contribution is 2.10. The molecule has 0 radical (unpaired) electrons. The number of nitrogens with zero attached hydrogens (tertiary/aromatic N) is 2. The third-order valence-electron chi connectivity index (χ3n) is 5.24. The summed E-state index contributed by atoms with van der Waals surface area (Å²) in [6.07, 6.45) is 0. The average Bonchev–Trinajstić information content (AvgIpc) is 2.89. The molecule has 4 rings (SSSR count). The Hall–Kier alpha value is -4.98. The predicted molar refractivity (Wildman–Crippen MR) is 152 cm³/mol. The molecular formula is C28H32N8. The third-order valence-corrected chi connectivity index (χ3v) is 5.24. The lowest BCUT2D eigenvalue weighted by Gasteiger charge is -2.02. The first kappa shape index (κ1) is 25.6. The minimum atomic E-state index is 0.506. The van der Waals surface area contributed by atoms with Gasteiger partial charge in [0.25, 0.3) is 0 Å². The van der Waals surface area contributed by atoms with Crippen molar-refractivity contribution < 1.29 is 0 Å². The largest absolute Gasteiger partial charge is 0.399 e. The minimum absolute atomic E-state index is 0.506. The van der Waals surface area contributed by atoms with E-state index in [4.69, 9.17) is 34.4 Å². The Balaban J connectivity index is 0.000000201. The number of aliphatic imine (C=N–C) groups is 2. The van der Waals surface area contributed by atoms with Crippen LogP contribution >= 0.6 is 0 Å². The van der Waals surface area contributed by atoms with Crippen LogP contribution in [0.1, 0.15) is 22.3 Å². The zero-order valence-electron chi connectivity index (χ0n) is 20.0. The zero-order valence-corrected chi connectivity index (χ0v) is 20.0. The molecule has 0 spiro atoms. The van der Waals surface area contributed by atoms with Gasteiger partial charge in [-0.1, -0.05) is 24.3 Å². The third kappa shape index (κ3) is 8.11. The number of hydrogen-bond acceptors (Lipinski definition) is 6. The quantitative estimate of drug-likeness (QED) is 0.139. The van der Waals surface area contributed by atoms with Crippen LogP contribution in [-0.4, -0.2) is 11.7 Å². The number of amidine groups is 2. The fourth-order valence-electron chi connectivity index (χ4n) is 3.09. The number of hydrogen-bond donors (Lipinski definition) is 6. The maximum Gasteiger partial charge on any atom is 0.125 e. The van der Waals surface area contributed by atoms with Crippen molar-refractivity contribution in [3.8, 4) is 0 Å². The summed E-state index contributed by atoms with van der Waals surface area (Å²) in [5.41, 5.74) is 41.1. The van der Waals surface area contributed by atoms with Crippen LogP contribution < -0.4 is 34.4 Å². The lowest BCUT2D eigenvalue weighted by Crippen LogP contribution is -2.13. The smallest absolute Gasteiger partial charge is 0.125 e. The topological polar surface area (TPSA) is 181 Å². The highest BCUT2D eigenvalue weighted by atomic mass is 14.9.